The molecule has 2 bridgehead atoms. The van der Waals surface area contributed by atoms with Gasteiger partial charge in [0.1, 0.15) is 0 Å². The summed E-state index contributed by atoms with van der Waals surface area (Å²) in [5, 5.41) is 4.02. The second-order valence-corrected chi connectivity index (χ2v) is 4.51. The van der Waals surface area contributed by atoms with Crippen LogP contribution in [0.5, 0.6) is 0 Å². The van der Waals surface area contributed by atoms with Crippen LogP contribution in [0.25, 0.3) is 0 Å². The maximum atomic E-state index is 10.5. The molecule has 2 rings (SSSR count). The number of nitrogens with one attached hydrogen (secondary N) is 1. The van der Waals surface area contributed by atoms with Crippen LogP contribution >= 0.6 is 0 Å². The standard InChI is InChI=1S/C10H17N3O/c1-6(12-13-10(11)14)9-5-7-2-3-8(9)4-7/h7-9H,2-5H2,1H3,(H3,11,13,14)/b12-6-/t7-,8-,9+/m1/s1. The molecule has 0 radical (unpaired) electrons. The summed E-state index contributed by atoms with van der Waals surface area (Å²) >= 11 is 0. The number of fused-ring (bicyclic) bond motifs is 2. The average molecular weight is 195 g/mol. The molecule has 3 N–H and O–H groups in total. The maximum absolute atomic E-state index is 10.5. The molecule has 0 saturated heterocycles. The summed E-state index contributed by atoms with van der Waals surface area (Å²) in [6.07, 6.45) is 5.32. The lowest BCUT2D eigenvalue weighted by Gasteiger charge is -2.20. The molecule has 2 aliphatic rings. The highest BCUT2D eigenvalue weighted by Crippen LogP contribution is 2.48. The monoisotopic (exact) mass is 195 g/mol. The third-order valence-electron chi connectivity index (χ3n) is 3.62. The predicted octanol–water partition coefficient (Wildman–Crippen LogP) is 1.47. The minimum atomic E-state index is -0.576. The first kappa shape index (κ1) is 9.49. The molecule has 3 atom stereocenters. The number of primary amides is 1. The lowest BCUT2D eigenvalue weighted by molar-refractivity contribution is 0.249. The Bertz CT molecular complexity index is 275. The van der Waals surface area contributed by atoms with Gasteiger partial charge < -0.3 is 5.73 Å². The molecule has 0 heterocycles. The summed E-state index contributed by atoms with van der Waals surface area (Å²) in [5.41, 5.74) is 8.30. The second kappa shape index (κ2) is 3.59. The van der Waals surface area contributed by atoms with Gasteiger partial charge in [0, 0.05) is 11.6 Å². The Morgan fingerprint density at radius 2 is 2.21 bits per heavy atom. The Labute approximate surface area is 83.9 Å². The summed E-state index contributed by atoms with van der Waals surface area (Å²) in [4.78, 5) is 10.5. The van der Waals surface area contributed by atoms with E-state index in [0.29, 0.717) is 5.92 Å². The van der Waals surface area contributed by atoms with Crippen LogP contribution in [0.2, 0.25) is 0 Å². The average Bonchev–Trinajstić information content (AvgIpc) is 2.74. The molecule has 0 aromatic carbocycles. The van der Waals surface area contributed by atoms with E-state index in [-0.39, 0.29) is 0 Å². The Morgan fingerprint density at radius 3 is 2.71 bits per heavy atom. The van der Waals surface area contributed by atoms with Gasteiger partial charge in [-0.3, -0.25) is 0 Å². The van der Waals surface area contributed by atoms with Gasteiger partial charge in [0.25, 0.3) is 0 Å². The van der Waals surface area contributed by atoms with E-state index in [9.17, 15) is 4.79 Å². The highest BCUT2D eigenvalue weighted by Gasteiger charge is 2.40. The molecule has 0 aliphatic heterocycles. The lowest BCUT2D eigenvalue weighted by atomic mass is 9.86. The van der Waals surface area contributed by atoms with Crippen LogP contribution < -0.4 is 11.2 Å². The molecular formula is C10H17N3O. The van der Waals surface area contributed by atoms with E-state index < -0.39 is 6.03 Å². The first-order chi connectivity index (χ1) is 6.66. The summed E-state index contributed by atoms with van der Waals surface area (Å²) in [6, 6.07) is -0.576. The van der Waals surface area contributed by atoms with Crippen molar-refractivity contribution in [3.05, 3.63) is 0 Å². The number of amides is 2. The normalized spacial score (nSPS) is 36.1. The first-order valence-electron chi connectivity index (χ1n) is 5.26. The number of urea groups is 1. The van der Waals surface area contributed by atoms with Crippen molar-refractivity contribution >= 4 is 11.7 Å². The second-order valence-electron chi connectivity index (χ2n) is 4.51. The molecule has 0 aromatic rings. The molecule has 4 heteroatoms. The fourth-order valence-electron chi connectivity index (χ4n) is 2.98. The smallest absolute Gasteiger partial charge is 0.332 e. The fraction of sp³-hybridized carbons (Fsp3) is 0.800. The Kier molecular flexibility index (Phi) is 2.44. The van der Waals surface area contributed by atoms with Gasteiger partial charge in [-0.05, 0) is 38.0 Å². The lowest BCUT2D eigenvalue weighted by Crippen LogP contribution is -2.28. The van der Waals surface area contributed by atoms with Gasteiger partial charge in [-0.25, -0.2) is 10.2 Å². The molecule has 0 spiro atoms. The molecule has 14 heavy (non-hydrogen) atoms. The fourth-order valence-corrected chi connectivity index (χ4v) is 2.98. The summed E-state index contributed by atoms with van der Waals surface area (Å²) in [6.45, 7) is 1.99. The third-order valence-corrected chi connectivity index (χ3v) is 3.62. The molecule has 2 amide bonds. The van der Waals surface area contributed by atoms with Crippen LogP contribution in [0.15, 0.2) is 5.10 Å². The van der Waals surface area contributed by atoms with Crippen molar-refractivity contribution in [3.63, 3.8) is 0 Å². The molecular weight excluding hydrogens is 178 g/mol. The van der Waals surface area contributed by atoms with E-state index in [1.165, 1.54) is 25.7 Å². The molecule has 78 valence electrons. The maximum Gasteiger partial charge on any atom is 0.332 e. The molecule has 2 aliphatic carbocycles. The number of hydrazone groups is 1. The van der Waals surface area contributed by atoms with Crippen molar-refractivity contribution in [2.24, 2.45) is 28.6 Å². The SMILES string of the molecule is C/C(=N/NC(N)=O)[C@@H]1C[C@@H]2CC[C@@H]1C2. The van der Waals surface area contributed by atoms with E-state index in [1.54, 1.807) is 0 Å². The van der Waals surface area contributed by atoms with E-state index in [2.05, 4.69) is 10.5 Å². The van der Waals surface area contributed by atoms with Gasteiger partial charge in [-0.15, -0.1) is 0 Å². The van der Waals surface area contributed by atoms with Crippen LogP contribution in [0.3, 0.4) is 0 Å². The van der Waals surface area contributed by atoms with Crippen LogP contribution in [0.4, 0.5) is 4.79 Å². The number of carbonyl (C=O) groups is 1. The topological polar surface area (TPSA) is 67.5 Å². The van der Waals surface area contributed by atoms with E-state index in [1.807, 2.05) is 6.92 Å². The largest absolute Gasteiger partial charge is 0.350 e. The van der Waals surface area contributed by atoms with E-state index in [4.69, 9.17) is 5.73 Å². The molecule has 0 aromatic heterocycles. The van der Waals surface area contributed by atoms with Crippen LogP contribution in [-0.4, -0.2) is 11.7 Å². The Hall–Kier alpha value is -1.06. The molecule has 2 saturated carbocycles. The minimum absolute atomic E-state index is 0.576. The first-order valence-corrected chi connectivity index (χ1v) is 5.26. The van der Waals surface area contributed by atoms with Crippen LogP contribution in [0.1, 0.15) is 32.6 Å². The van der Waals surface area contributed by atoms with Gasteiger partial charge in [-0.1, -0.05) is 6.42 Å². The van der Waals surface area contributed by atoms with Crippen molar-refractivity contribution in [1.29, 1.82) is 0 Å². The van der Waals surface area contributed by atoms with Gasteiger partial charge in [0.2, 0.25) is 0 Å². The van der Waals surface area contributed by atoms with Crippen LogP contribution in [0, 0.1) is 17.8 Å². The third kappa shape index (κ3) is 1.74. The van der Waals surface area contributed by atoms with Gasteiger partial charge >= 0.3 is 6.03 Å². The number of hydrogen-bond donors (Lipinski definition) is 2. The Morgan fingerprint density at radius 1 is 1.43 bits per heavy atom. The summed E-state index contributed by atoms with van der Waals surface area (Å²) in [5.74, 6) is 2.29. The van der Waals surface area contributed by atoms with Gasteiger partial charge in [0.15, 0.2) is 0 Å². The van der Waals surface area contributed by atoms with E-state index >= 15 is 0 Å². The molecule has 0 unspecified atom stereocenters. The van der Waals surface area contributed by atoms with E-state index in [0.717, 1.165) is 17.5 Å². The number of nitrogens with two attached hydrogens (primary N) is 1. The van der Waals surface area contributed by atoms with Crippen molar-refractivity contribution < 1.29 is 4.79 Å². The quantitative estimate of drug-likeness (QED) is 0.508. The molecule has 2 fully saturated rings. The highest BCUT2D eigenvalue weighted by atomic mass is 16.2. The Balaban J connectivity index is 1.95. The number of carbonyl (C=O) groups excluding carboxylic acids is 1. The number of rotatable bonds is 2. The predicted molar refractivity (Wildman–Crippen MR) is 54.8 cm³/mol. The highest BCUT2D eigenvalue weighted by molar-refractivity contribution is 5.86. The van der Waals surface area contributed by atoms with Gasteiger partial charge in [0.05, 0.1) is 0 Å². The zero-order chi connectivity index (χ0) is 10.1. The zero-order valence-electron chi connectivity index (χ0n) is 8.49. The van der Waals surface area contributed by atoms with Crippen molar-refractivity contribution in [2.75, 3.05) is 0 Å². The summed E-state index contributed by atoms with van der Waals surface area (Å²) < 4.78 is 0. The number of nitrogens with zero attached hydrogens (tertiary/aromatic N) is 1. The van der Waals surface area contributed by atoms with Crippen molar-refractivity contribution in [1.82, 2.24) is 5.43 Å². The van der Waals surface area contributed by atoms with Crippen molar-refractivity contribution in [3.8, 4) is 0 Å². The van der Waals surface area contributed by atoms with Gasteiger partial charge in [-0.2, -0.15) is 5.10 Å². The zero-order valence-corrected chi connectivity index (χ0v) is 8.49. The summed E-state index contributed by atoms with van der Waals surface area (Å²) in [7, 11) is 0. The van der Waals surface area contributed by atoms with Crippen molar-refractivity contribution in [2.45, 2.75) is 32.6 Å². The minimum Gasteiger partial charge on any atom is -0.350 e. The van der Waals surface area contributed by atoms with Crippen LogP contribution in [-0.2, 0) is 0 Å². The molecule has 4 nitrogen and oxygen atoms in total. The number of hydrogen-bond acceptors (Lipinski definition) is 2.